The second-order valence-corrected chi connectivity index (χ2v) is 39.7. The van der Waals surface area contributed by atoms with Gasteiger partial charge in [-0.1, -0.05) is 167 Å². The molecule has 6 aromatic rings. The highest BCUT2D eigenvalue weighted by atomic mass is 32.2. The number of carbonyl (C=O) groups excluding carboxylic acids is 8. The Balaban J connectivity index is 0.000000694. The molecule has 2 saturated heterocycles. The number of aromatic amines is 2. The molecule has 35 nitrogen and oxygen atoms in total. The summed E-state index contributed by atoms with van der Waals surface area (Å²) in [6.07, 6.45) is 7.09. The topological polar surface area (TPSA) is 536 Å². The van der Waals surface area contributed by atoms with Crippen LogP contribution >= 0.6 is 35.5 Å². The Morgan fingerprint density at radius 1 is 0.617 bits per heavy atom. The first-order valence-corrected chi connectivity index (χ1v) is 45.9. The first-order valence-electron chi connectivity index (χ1n) is 42.3. The van der Waals surface area contributed by atoms with Gasteiger partial charge in [-0.05, 0) is 145 Å². The van der Waals surface area contributed by atoms with Crippen LogP contribution in [0.2, 0.25) is 0 Å². The van der Waals surface area contributed by atoms with Crippen LogP contribution in [0.4, 0.5) is 5.69 Å². The van der Waals surface area contributed by atoms with Crippen LogP contribution in [0.15, 0.2) is 110 Å². The Hall–Kier alpha value is -10.4. The molecular weight excluding hydrogens is 1730 g/mol. The number of esters is 2. The van der Waals surface area contributed by atoms with E-state index in [1.807, 2.05) is 138 Å². The lowest BCUT2D eigenvalue weighted by atomic mass is 9.84. The number of tetrazole rings is 1. The van der Waals surface area contributed by atoms with Crippen molar-refractivity contribution in [1.82, 2.24) is 50.1 Å². The monoisotopic (exact) mass is 1870 g/mol. The van der Waals surface area contributed by atoms with Crippen LogP contribution in [-0.4, -0.2) is 175 Å². The third-order valence-electron chi connectivity index (χ3n) is 18.7. The number of aromatic nitrogens is 7. The minimum atomic E-state index is -2.19. The normalized spacial score (nSPS) is 19.5. The van der Waals surface area contributed by atoms with Gasteiger partial charge in [0.15, 0.2) is 52.0 Å². The van der Waals surface area contributed by atoms with Gasteiger partial charge in [0.05, 0.1) is 75.7 Å². The highest BCUT2D eigenvalue weighted by molar-refractivity contribution is 8.15. The number of ether oxygens (including phenoxy) is 2. The average molecular weight is 1870 g/mol. The first-order chi connectivity index (χ1) is 59.1. The van der Waals surface area contributed by atoms with E-state index in [4.69, 9.17) is 61.3 Å². The zero-order valence-corrected chi connectivity index (χ0v) is 82.4. The summed E-state index contributed by atoms with van der Waals surface area (Å²) >= 11 is 7.53. The van der Waals surface area contributed by atoms with Crippen LogP contribution in [0.5, 0.6) is 11.5 Å². The van der Waals surface area contributed by atoms with Gasteiger partial charge >= 0.3 is 11.9 Å². The fourth-order valence-corrected chi connectivity index (χ4v) is 14.7. The van der Waals surface area contributed by atoms with E-state index < -0.39 is 55.6 Å². The second kappa shape index (κ2) is 54.8. The number of rotatable bonds is 14. The number of aryl methyl sites for hydroxylation is 2. The average Bonchev–Trinajstić information content (AvgIpc) is 1.46. The van der Waals surface area contributed by atoms with Crippen LogP contribution in [0.3, 0.4) is 0 Å². The number of nitrogens with one attached hydrogen (secondary N) is 5. The molecule has 39 heteroatoms. The lowest BCUT2D eigenvalue weighted by Gasteiger charge is -2.22. The Kier molecular flexibility index (Phi) is 49.5. The number of hydrogen-bond acceptors (Lipinski definition) is 33. The highest BCUT2D eigenvalue weighted by Crippen LogP contribution is 2.31. The first kappa shape index (κ1) is 116. The van der Waals surface area contributed by atoms with Gasteiger partial charge in [-0.15, -0.1) is 10.2 Å². The van der Waals surface area contributed by atoms with Gasteiger partial charge in [-0.3, -0.25) is 52.7 Å². The number of anilines is 1. The predicted molar refractivity (Wildman–Crippen MR) is 498 cm³/mol. The van der Waals surface area contributed by atoms with Crippen molar-refractivity contribution in [2.75, 3.05) is 11.9 Å². The molecule has 4 aromatic heterocycles. The summed E-state index contributed by atoms with van der Waals surface area (Å²) in [7, 11) is -2.19. The molecule has 7 atom stereocenters. The molecule has 7 unspecified atom stereocenters. The standard InChI is InChI=1S/C9H14O2.C7H14N2OS.C7H9NO3.2C7H11NO2.C7H11NO.C7H11NS.2C7H10O3.C7H8O3.C7H10O2S.C6H9NOS.C4H8N4/c1-6(2)7-3-8(10)5-9(11)4-7;1-5(2)11(10)8-6(3)7(4)9-11;1-3(2)8-4-5(9)7(11)6(4)10;1-5(2)8-4-6(9)3-7(8)10;1-4(2)7-5(9)3-6(10)8-7;2*1-5(2)7-4-6(3)8-9-7;2*1-4(2)7-5(8)3-6(9)10-7;1-3(2)4-5(8)7(10)6(4)9;1-4(2)7-5(8)3-6(9)10-7;1-4(2)5-3-8-6(9)7-5;1-3(2)4-5-7-8-6-4/h5-7,10H,3-4H2,1-2H3;5,7H,3H2,1-2,4H3,(H,8,9,10);3,8-9H,1-2H3;3,5,9H,4H2,1-2H3;3-4,7,9H,1-2H3,(H,8,10);2*4-5H,1-3H3;4,7H,3H2,1-2H3;3-4,7-8H,1-2H3;3,8H,1-2H3;4,7H,3H2,1-2H3;3-4H,1-2H3,(H,7,9);3H,1-2H3,(H,5,6,7,8). The minimum Gasteiger partial charge on any atom is -0.512 e. The Labute approximate surface area is 763 Å². The molecule has 128 heavy (non-hydrogen) atoms. The molecule has 10 heterocycles. The van der Waals surface area contributed by atoms with E-state index in [9.17, 15) is 61.7 Å². The van der Waals surface area contributed by atoms with Crippen molar-refractivity contribution >= 4 is 97.3 Å². The zero-order chi connectivity index (χ0) is 98.7. The Morgan fingerprint density at radius 3 is 1.45 bits per heavy atom. The second-order valence-electron chi connectivity index (χ2n) is 34.8. The van der Waals surface area contributed by atoms with Crippen molar-refractivity contribution in [2.24, 2.45) is 39.9 Å². The fraction of sp³-hybridized carbons (Fsp3) is 0.596. The molecule has 0 radical (unpaired) electrons. The summed E-state index contributed by atoms with van der Waals surface area (Å²) in [6.45, 7) is 60.9. The number of cyclic esters (lactones) is 2. The SMILES string of the molecule is C=C1N=S(=O)(C(C)C)NC1C.CC(C)C1CC(=O)C=C(O)C1.CC(C)C1NC(=O)C=C1O.CC(C)C1OC(=O)C=C1O.CC(C)C1OC(=O)CC1=O.CC(C)C1SC(=O)CC1=O.CC(C)N1CC(O)=CC1=O.CC(C)Nc1c(O)c(=O)c1=O.CC(C)c1c(O)c(=O)c1=O.CC(C)c1coc(=S)[nH]1.CC(C)c1nn[nH]n1.Cc1cc(C(C)C)on1.Cc1cc(C(C)C)sn1. The van der Waals surface area contributed by atoms with Gasteiger partial charge in [-0.2, -0.15) is 13.9 Å². The number of carbonyl (C=O) groups is 8. The van der Waals surface area contributed by atoms with Crippen LogP contribution in [-0.2, 0) is 57.7 Å². The fourth-order valence-electron chi connectivity index (χ4n) is 11.1. The van der Waals surface area contributed by atoms with Gasteiger partial charge in [0, 0.05) is 65.9 Å². The van der Waals surface area contributed by atoms with Gasteiger partial charge in [0.1, 0.15) is 51.3 Å². The number of aliphatic hydroxyl groups excluding tert-OH is 4. The summed E-state index contributed by atoms with van der Waals surface area (Å²) in [4.78, 5) is 135. The van der Waals surface area contributed by atoms with Crippen LogP contribution in [0, 0.1) is 54.2 Å². The lowest BCUT2D eigenvalue weighted by molar-refractivity contribution is -0.144. The van der Waals surface area contributed by atoms with E-state index in [0.717, 1.165) is 34.7 Å². The van der Waals surface area contributed by atoms with Crippen molar-refractivity contribution in [3.63, 3.8) is 0 Å². The molecule has 2 aromatic carbocycles. The zero-order valence-electron chi connectivity index (χ0n) is 79.1. The summed E-state index contributed by atoms with van der Waals surface area (Å²) in [5.41, 5.74) is 1.46. The quantitative estimate of drug-likeness (QED) is 0.0209. The number of amides is 2. The lowest BCUT2D eigenvalue weighted by Crippen LogP contribution is -2.34. The Bertz CT molecular complexity index is 4960. The van der Waals surface area contributed by atoms with E-state index in [-0.39, 0.29) is 151 Å². The number of H-pyrrole nitrogens is 2. The highest BCUT2D eigenvalue weighted by Gasteiger charge is 2.36. The number of oxazole rings is 1. The molecule has 0 bridgehead atoms. The number of hydrogen-bond donors (Lipinski definition) is 11. The van der Waals surface area contributed by atoms with Crippen molar-refractivity contribution in [1.29, 1.82) is 0 Å². The summed E-state index contributed by atoms with van der Waals surface area (Å²) in [6, 6.07) is 4.22. The number of aliphatic hydroxyl groups is 4. The molecule has 1 aliphatic carbocycles. The number of aromatic hydroxyl groups is 2. The molecule has 2 amide bonds. The molecule has 13 rings (SSSR count). The van der Waals surface area contributed by atoms with Crippen molar-refractivity contribution in [3.05, 3.63) is 163 Å². The third-order valence-corrected chi connectivity index (χ3v) is 24.0. The molecule has 714 valence electrons. The largest absolute Gasteiger partial charge is 0.512 e. The third kappa shape index (κ3) is 39.7. The minimum absolute atomic E-state index is 0.0312. The van der Waals surface area contributed by atoms with Crippen LogP contribution in [0.1, 0.15) is 281 Å². The van der Waals surface area contributed by atoms with Crippen molar-refractivity contribution in [3.8, 4) is 11.5 Å². The van der Waals surface area contributed by atoms with E-state index in [0.29, 0.717) is 71.3 Å². The van der Waals surface area contributed by atoms with Crippen molar-refractivity contribution < 1.29 is 91.6 Å². The molecule has 0 spiro atoms. The van der Waals surface area contributed by atoms with Gasteiger partial charge in [0.25, 0.3) is 27.0 Å². The number of Topliss-reactive ketones (excluding diaryl/α,β-unsaturated/α-hetero) is 2. The number of ketones is 3. The summed E-state index contributed by atoms with van der Waals surface area (Å²) in [5.74, 6) is 4.00. The maximum Gasteiger partial charge on any atom is 0.335 e. The number of nitrogens with zero attached hydrogens (tertiary/aromatic N) is 7. The molecular formula is C89H136N12O23S4. The van der Waals surface area contributed by atoms with E-state index in [1.165, 1.54) is 34.9 Å². The number of thioether (sulfide) groups is 1. The molecule has 2 fully saturated rings. The number of allylic oxidation sites excluding steroid dienone is 2. The maximum atomic E-state index is 11.8. The Morgan fingerprint density at radius 2 is 1.21 bits per heavy atom. The van der Waals surface area contributed by atoms with Crippen LogP contribution in [0.25, 0.3) is 0 Å². The molecule has 11 N–H and O–H groups in total. The molecule has 0 saturated carbocycles. The van der Waals surface area contributed by atoms with Crippen molar-refractivity contribution in [2.45, 2.75) is 303 Å². The summed E-state index contributed by atoms with van der Waals surface area (Å²) in [5, 5.41) is 76.3. The molecule has 6 aliphatic heterocycles. The van der Waals surface area contributed by atoms with Gasteiger partial charge in [-0.25, -0.2) is 13.7 Å². The van der Waals surface area contributed by atoms with Gasteiger partial charge in [0.2, 0.25) is 11.3 Å². The van der Waals surface area contributed by atoms with E-state index in [1.54, 1.807) is 36.5 Å². The van der Waals surface area contributed by atoms with Crippen LogP contribution < -0.4 is 37.1 Å². The molecule has 7 aliphatic rings. The van der Waals surface area contributed by atoms with E-state index in [2.05, 4.69) is 123 Å². The maximum absolute atomic E-state index is 11.8. The predicted octanol–water partition coefficient (Wildman–Crippen LogP) is 14.8. The smallest absolute Gasteiger partial charge is 0.335 e. The van der Waals surface area contributed by atoms with E-state index >= 15 is 0 Å². The van der Waals surface area contributed by atoms with Gasteiger partial charge < -0.3 is 69.6 Å². The summed E-state index contributed by atoms with van der Waals surface area (Å²) < 4.78 is 42.3.